The van der Waals surface area contributed by atoms with Gasteiger partial charge < -0.3 is 0 Å². The number of carbonyl (C=O) groups excluding carboxylic acids is 3. The van der Waals surface area contributed by atoms with E-state index in [1.54, 1.807) is 4.90 Å². The zero-order valence-corrected chi connectivity index (χ0v) is 24.4. The molecule has 1 fully saturated rings. The molecule has 10 nitrogen and oxygen atoms in total. The molecule has 1 atom stereocenters. The average Bonchev–Trinajstić information content (AvgIpc) is 3.42. The maximum atomic E-state index is 13.4. The monoisotopic (exact) mass is 573 g/mol. The molecule has 1 aliphatic heterocycles. The standard InChI is InChI=1S/C27H36N5O5PS/c1-4-6-13-30(3)26-22(29-24(39-26)20-11-9-8-10-12-20)23(33)28-21(19-38-36)25(34)31-14-16-32(17-15-31)27(35)37-18-7-5-2/h8-12,21H,4-7,13-18H2,1-3H3,(H,28,33)/t21-/m0/s1. The van der Waals surface area contributed by atoms with E-state index in [1.165, 1.54) is 16.2 Å². The fourth-order valence-electron chi connectivity index (χ4n) is 4.01. The van der Waals surface area contributed by atoms with Gasteiger partial charge in [0.1, 0.15) is 0 Å². The number of benzene rings is 1. The van der Waals surface area contributed by atoms with Crippen molar-refractivity contribution in [3.8, 4) is 16.2 Å². The van der Waals surface area contributed by atoms with Crippen molar-refractivity contribution in [2.75, 3.05) is 51.3 Å². The van der Waals surface area contributed by atoms with Crippen molar-refractivity contribution in [3.05, 3.63) is 36.0 Å². The normalized spacial score (nSPS) is 13.8. The second-order valence-corrected chi connectivity index (χ2v) is 10.6. The van der Waals surface area contributed by atoms with Gasteiger partial charge in [-0.1, -0.05) is 6.92 Å². The Morgan fingerprint density at radius 2 is 1.77 bits per heavy atom. The van der Waals surface area contributed by atoms with Crippen molar-refractivity contribution in [2.24, 2.45) is 0 Å². The fourth-order valence-corrected chi connectivity index (χ4v) is 5.34. The van der Waals surface area contributed by atoms with Gasteiger partial charge in [0.2, 0.25) is 0 Å². The number of carbonyl (C=O) groups is 3. The Morgan fingerprint density at radius 1 is 1.10 bits per heavy atom. The summed E-state index contributed by atoms with van der Waals surface area (Å²) in [6.07, 6.45) is 3.29. The molecule has 3 rings (SSSR count). The van der Waals surface area contributed by atoms with Gasteiger partial charge in [0.15, 0.2) is 0 Å². The van der Waals surface area contributed by atoms with Gasteiger partial charge in [-0.25, -0.2) is 0 Å². The number of amides is 3. The molecule has 12 heteroatoms. The first-order valence-corrected chi connectivity index (χ1v) is 14.9. The molecule has 39 heavy (non-hydrogen) atoms. The summed E-state index contributed by atoms with van der Waals surface area (Å²) in [5.41, 5.74) is 3.62. The van der Waals surface area contributed by atoms with E-state index in [2.05, 4.69) is 22.9 Å². The second-order valence-electron chi connectivity index (χ2n) is 9.22. The molecule has 3 amide bonds. The third-order valence-corrected chi connectivity index (χ3v) is 7.90. The van der Waals surface area contributed by atoms with Crippen LogP contribution in [-0.2, 0) is 14.1 Å². The van der Waals surface area contributed by atoms with Crippen molar-refractivity contribution in [2.45, 2.75) is 45.6 Å². The van der Waals surface area contributed by atoms with Gasteiger partial charge in [0.25, 0.3) is 0 Å². The van der Waals surface area contributed by atoms with Crippen LogP contribution in [0, 0.1) is 5.63 Å². The Bertz CT molecular complexity index is 1230. The number of piperazine rings is 1. The second kappa shape index (κ2) is 15.5. The molecule has 1 saturated heterocycles. The molecule has 1 aromatic carbocycles. The summed E-state index contributed by atoms with van der Waals surface area (Å²) < 4.78 is 16.7. The number of nitrogens with zero attached hydrogens (tertiary/aromatic N) is 4. The van der Waals surface area contributed by atoms with Gasteiger partial charge in [-0.15, -0.1) is 0 Å². The van der Waals surface area contributed by atoms with E-state index in [4.69, 9.17) is 4.74 Å². The van der Waals surface area contributed by atoms with E-state index in [0.717, 1.165) is 37.8 Å². The SMILES string of the molecule is CCCCOC(=O)N1CCN(C(=O)[C@H](C#P=O)NC(=O)c2nc(-c3ccccc3)sc2N(C)CCCC)CC1. The number of thiazole rings is 1. The van der Waals surface area contributed by atoms with Gasteiger partial charge in [0.05, 0.1) is 0 Å². The van der Waals surface area contributed by atoms with Crippen molar-refractivity contribution in [3.63, 3.8) is 0 Å². The van der Waals surface area contributed by atoms with E-state index in [-0.39, 0.29) is 18.8 Å². The van der Waals surface area contributed by atoms with Crippen LogP contribution in [0.2, 0.25) is 0 Å². The molecule has 0 bridgehead atoms. The Kier molecular flexibility index (Phi) is 12.1. The number of hydrogen-bond acceptors (Lipinski definition) is 8. The van der Waals surface area contributed by atoms with Crippen LogP contribution in [0.4, 0.5) is 9.80 Å². The number of unbranched alkanes of at least 4 members (excludes halogenated alkanes) is 2. The van der Waals surface area contributed by atoms with Crippen LogP contribution in [0.25, 0.3) is 10.6 Å². The average molecular weight is 574 g/mol. The quantitative estimate of drug-likeness (QED) is 0.312. The van der Waals surface area contributed by atoms with Crippen LogP contribution in [0.3, 0.4) is 0 Å². The van der Waals surface area contributed by atoms with Crippen LogP contribution in [0.5, 0.6) is 0 Å². The Balaban J connectivity index is 1.73. The number of hydrogen-bond donors (Lipinski definition) is 1. The number of rotatable bonds is 11. The third-order valence-electron chi connectivity index (χ3n) is 6.32. The summed E-state index contributed by atoms with van der Waals surface area (Å²) in [6.45, 7) is 6.40. The Morgan fingerprint density at radius 3 is 2.41 bits per heavy atom. The van der Waals surface area contributed by atoms with Crippen molar-refractivity contribution in [1.82, 2.24) is 20.1 Å². The van der Waals surface area contributed by atoms with E-state index in [9.17, 15) is 18.9 Å². The number of anilines is 1. The molecule has 1 aromatic heterocycles. The zero-order valence-electron chi connectivity index (χ0n) is 22.7. The molecule has 2 aromatic rings. The molecule has 1 N–H and O–H groups in total. The summed E-state index contributed by atoms with van der Waals surface area (Å²) in [7, 11) is 1.41. The first kappa shape index (κ1) is 30.4. The van der Waals surface area contributed by atoms with E-state index >= 15 is 0 Å². The fraction of sp³-hybridized carbons (Fsp3) is 0.519. The molecule has 1 aliphatic rings. The topological polar surface area (TPSA) is 112 Å². The van der Waals surface area contributed by atoms with Crippen LogP contribution in [0.1, 0.15) is 50.0 Å². The van der Waals surface area contributed by atoms with Crippen molar-refractivity contribution < 1.29 is 23.7 Å². The molecular weight excluding hydrogens is 537 g/mol. The van der Waals surface area contributed by atoms with Gasteiger partial charge in [-0.3, -0.25) is 0 Å². The van der Waals surface area contributed by atoms with Gasteiger partial charge in [-0.2, -0.15) is 0 Å². The van der Waals surface area contributed by atoms with Gasteiger partial charge in [-0.05, 0) is 0 Å². The predicted molar refractivity (Wildman–Crippen MR) is 153 cm³/mol. The van der Waals surface area contributed by atoms with E-state index in [1.807, 2.05) is 49.2 Å². The zero-order chi connectivity index (χ0) is 28.2. The Labute approximate surface area is 234 Å². The first-order valence-electron chi connectivity index (χ1n) is 13.3. The molecular formula is C27H36N5O5PS. The van der Waals surface area contributed by atoms with Gasteiger partial charge in [0, 0.05) is 0 Å². The molecule has 0 spiro atoms. The van der Waals surface area contributed by atoms with Crippen LogP contribution in [0.15, 0.2) is 30.3 Å². The first-order chi connectivity index (χ1) is 18.9. The number of ether oxygens (including phenoxy) is 1. The van der Waals surface area contributed by atoms with Gasteiger partial charge >= 0.3 is 228 Å². The number of aromatic nitrogens is 1. The van der Waals surface area contributed by atoms with Crippen LogP contribution >= 0.6 is 19.3 Å². The molecule has 210 valence electrons. The van der Waals surface area contributed by atoms with Crippen LogP contribution < -0.4 is 10.2 Å². The number of nitrogens with one attached hydrogen (secondary N) is 1. The molecule has 2 heterocycles. The summed E-state index contributed by atoms with van der Waals surface area (Å²) in [6, 6.07) is 8.37. The summed E-state index contributed by atoms with van der Waals surface area (Å²) >= 11 is 1.41. The maximum absolute atomic E-state index is 13.4. The predicted octanol–water partition coefficient (Wildman–Crippen LogP) is 4.48. The third kappa shape index (κ3) is 8.43. The minimum absolute atomic E-state index is 0.208. The van der Waals surface area contributed by atoms with E-state index in [0.29, 0.717) is 29.7 Å². The molecule has 0 radical (unpaired) electrons. The van der Waals surface area contributed by atoms with Crippen LogP contribution in [-0.4, -0.2) is 85.1 Å². The summed E-state index contributed by atoms with van der Waals surface area (Å²) in [4.78, 5) is 48.7. The van der Waals surface area contributed by atoms with Crippen molar-refractivity contribution >= 4 is 42.2 Å². The molecule has 0 unspecified atom stereocenters. The Hall–Kier alpha value is -3.13. The van der Waals surface area contributed by atoms with Crippen molar-refractivity contribution in [1.29, 1.82) is 0 Å². The molecule has 0 aliphatic carbocycles. The molecule has 0 saturated carbocycles. The minimum atomic E-state index is -1.23. The summed E-state index contributed by atoms with van der Waals surface area (Å²) in [5, 5.41) is 4.07. The summed E-state index contributed by atoms with van der Waals surface area (Å²) in [5.74, 6) is -0.982. The van der Waals surface area contributed by atoms with E-state index < -0.39 is 31.9 Å².